The van der Waals surface area contributed by atoms with E-state index in [9.17, 15) is 4.79 Å². The third-order valence-electron chi connectivity index (χ3n) is 5.51. The summed E-state index contributed by atoms with van der Waals surface area (Å²) in [5, 5.41) is 16.6. The van der Waals surface area contributed by atoms with Crippen molar-refractivity contribution in [2.75, 3.05) is 12.4 Å². The highest BCUT2D eigenvalue weighted by Gasteiger charge is 2.21. The van der Waals surface area contributed by atoms with Crippen LogP contribution in [0.25, 0.3) is 5.69 Å². The number of nitrogens with one attached hydrogen (secondary N) is 2. The van der Waals surface area contributed by atoms with Crippen molar-refractivity contribution in [3.05, 3.63) is 94.7 Å². The van der Waals surface area contributed by atoms with Crippen molar-refractivity contribution in [3.63, 3.8) is 0 Å². The first-order chi connectivity index (χ1) is 18.0. The zero-order valence-corrected chi connectivity index (χ0v) is 23.1. The lowest BCUT2D eigenvalue weighted by atomic mass is 10.1. The Labute approximate surface area is 228 Å². The molecule has 0 aliphatic rings. The second-order valence-corrected chi connectivity index (χ2v) is 10.3. The van der Waals surface area contributed by atoms with Gasteiger partial charge in [0.15, 0.2) is 11.0 Å². The second kappa shape index (κ2) is 12.6. The molecular formula is C27H27BrN6O2S. The van der Waals surface area contributed by atoms with E-state index in [0.717, 1.165) is 32.9 Å². The van der Waals surface area contributed by atoms with Gasteiger partial charge in [0.2, 0.25) is 0 Å². The highest BCUT2D eigenvalue weighted by molar-refractivity contribution is 9.10. The summed E-state index contributed by atoms with van der Waals surface area (Å²) < 4.78 is 8.38. The van der Waals surface area contributed by atoms with E-state index in [4.69, 9.17) is 4.74 Å². The molecule has 3 aromatic carbocycles. The number of rotatable bonds is 10. The summed E-state index contributed by atoms with van der Waals surface area (Å²) in [4.78, 5) is 12.8. The quantitative estimate of drug-likeness (QED) is 0.143. The van der Waals surface area contributed by atoms with Crippen molar-refractivity contribution >= 4 is 45.0 Å². The zero-order chi connectivity index (χ0) is 26.2. The highest BCUT2D eigenvalue weighted by Crippen LogP contribution is 2.28. The van der Waals surface area contributed by atoms with E-state index in [2.05, 4.69) is 42.0 Å². The minimum absolute atomic E-state index is 0.224. The molecule has 1 aromatic heterocycles. The number of carbonyl (C=O) groups excluding carboxylic acids is 1. The maximum absolute atomic E-state index is 12.8. The van der Waals surface area contributed by atoms with E-state index < -0.39 is 5.25 Å². The van der Waals surface area contributed by atoms with Gasteiger partial charge in [-0.3, -0.25) is 9.36 Å². The lowest BCUT2D eigenvalue weighted by Gasteiger charge is -2.14. The minimum atomic E-state index is -0.455. The van der Waals surface area contributed by atoms with Gasteiger partial charge in [0.05, 0.1) is 30.3 Å². The molecule has 4 rings (SSSR count). The third kappa shape index (κ3) is 6.78. The number of hydrogen-bond donors (Lipinski definition) is 2. The van der Waals surface area contributed by atoms with Gasteiger partial charge in [-0.15, -0.1) is 10.2 Å². The largest absolute Gasteiger partial charge is 0.495 e. The van der Waals surface area contributed by atoms with E-state index >= 15 is 0 Å². The molecule has 190 valence electrons. The van der Waals surface area contributed by atoms with Gasteiger partial charge in [-0.25, -0.2) is 5.43 Å². The number of amides is 1. The van der Waals surface area contributed by atoms with Crippen molar-refractivity contribution in [1.82, 2.24) is 20.2 Å². The first-order valence-electron chi connectivity index (χ1n) is 11.6. The molecule has 0 fully saturated rings. The summed E-state index contributed by atoms with van der Waals surface area (Å²) in [6, 6.07) is 25.3. The Morgan fingerprint density at radius 2 is 1.76 bits per heavy atom. The molecule has 0 aliphatic carbocycles. The van der Waals surface area contributed by atoms with Gasteiger partial charge < -0.3 is 10.1 Å². The standard InChI is InChI=1S/C27H27BrN6O2S/c1-18(20-13-15-21(28)16-14-20)30-32-26(35)19(2)37-27-33-31-25(34(27)22-9-5-4-6-10-22)17-29-23-11-7-8-12-24(23)36-3/h4-16,19,29H,17H2,1-3H3,(H,32,35)/b30-18-/t19-/m1/s1. The van der Waals surface area contributed by atoms with Crippen LogP contribution >= 0.6 is 27.7 Å². The smallest absolute Gasteiger partial charge is 0.253 e. The Morgan fingerprint density at radius 3 is 2.49 bits per heavy atom. The first kappa shape index (κ1) is 26.4. The molecule has 0 unspecified atom stereocenters. The molecule has 0 saturated carbocycles. The van der Waals surface area contributed by atoms with Crippen molar-refractivity contribution in [2.24, 2.45) is 5.10 Å². The van der Waals surface area contributed by atoms with Crippen LogP contribution in [-0.4, -0.2) is 38.7 Å². The van der Waals surface area contributed by atoms with Gasteiger partial charge in [-0.05, 0) is 55.8 Å². The number of aromatic nitrogens is 3. The maximum Gasteiger partial charge on any atom is 0.253 e. The number of nitrogens with zero attached hydrogens (tertiary/aromatic N) is 4. The summed E-state index contributed by atoms with van der Waals surface area (Å²) in [7, 11) is 1.64. The van der Waals surface area contributed by atoms with Gasteiger partial charge in [0.25, 0.3) is 5.91 Å². The molecule has 1 atom stereocenters. The topological polar surface area (TPSA) is 93.4 Å². The number of halogens is 1. The number of ether oxygens (including phenoxy) is 1. The summed E-state index contributed by atoms with van der Waals surface area (Å²) in [6.07, 6.45) is 0. The average Bonchev–Trinajstić information content (AvgIpc) is 3.33. The number of benzene rings is 3. The van der Waals surface area contributed by atoms with Gasteiger partial charge in [0, 0.05) is 10.2 Å². The summed E-state index contributed by atoms with van der Waals surface area (Å²) in [5.74, 6) is 1.22. The van der Waals surface area contributed by atoms with Crippen LogP contribution in [0.5, 0.6) is 5.75 Å². The van der Waals surface area contributed by atoms with Gasteiger partial charge in [-0.2, -0.15) is 5.10 Å². The summed E-state index contributed by atoms with van der Waals surface area (Å²) >= 11 is 4.75. The molecule has 0 saturated heterocycles. The molecule has 0 bridgehead atoms. The Balaban J connectivity index is 1.50. The van der Waals surface area contributed by atoms with E-state index in [1.807, 2.05) is 97.3 Å². The third-order valence-corrected chi connectivity index (χ3v) is 7.08. The van der Waals surface area contributed by atoms with Crippen molar-refractivity contribution in [1.29, 1.82) is 0 Å². The average molecular weight is 580 g/mol. The molecule has 0 radical (unpaired) electrons. The fourth-order valence-electron chi connectivity index (χ4n) is 3.49. The molecule has 10 heteroatoms. The molecule has 37 heavy (non-hydrogen) atoms. The van der Waals surface area contributed by atoms with E-state index in [0.29, 0.717) is 17.5 Å². The summed E-state index contributed by atoms with van der Waals surface area (Å²) in [6.45, 7) is 4.09. The second-order valence-electron chi connectivity index (χ2n) is 8.06. The molecule has 8 nitrogen and oxygen atoms in total. The van der Waals surface area contributed by atoms with E-state index in [1.54, 1.807) is 7.11 Å². The van der Waals surface area contributed by atoms with Crippen LogP contribution in [-0.2, 0) is 11.3 Å². The molecule has 2 N–H and O–H groups in total. The Hall–Kier alpha value is -3.63. The van der Waals surface area contributed by atoms with Crippen molar-refractivity contribution in [2.45, 2.75) is 30.8 Å². The van der Waals surface area contributed by atoms with Crippen LogP contribution in [0.1, 0.15) is 25.2 Å². The van der Waals surface area contributed by atoms with Crippen molar-refractivity contribution < 1.29 is 9.53 Å². The molecule has 0 aliphatic heterocycles. The van der Waals surface area contributed by atoms with Crippen LogP contribution in [0.15, 0.2) is 93.6 Å². The fraction of sp³-hybridized carbons (Fsp3) is 0.185. The zero-order valence-electron chi connectivity index (χ0n) is 20.7. The van der Waals surface area contributed by atoms with Crippen LogP contribution < -0.4 is 15.5 Å². The predicted octanol–water partition coefficient (Wildman–Crippen LogP) is 5.67. The number of thioether (sulfide) groups is 1. The molecular weight excluding hydrogens is 552 g/mol. The highest BCUT2D eigenvalue weighted by atomic mass is 79.9. The summed E-state index contributed by atoms with van der Waals surface area (Å²) in [5.41, 5.74) is 6.08. The Morgan fingerprint density at radius 1 is 1.05 bits per heavy atom. The Bertz CT molecular complexity index is 1380. The fourth-order valence-corrected chi connectivity index (χ4v) is 4.63. The molecule has 0 spiro atoms. The monoisotopic (exact) mass is 578 g/mol. The molecule has 1 amide bonds. The number of anilines is 1. The number of carbonyl (C=O) groups is 1. The lowest BCUT2D eigenvalue weighted by molar-refractivity contribution is -0.120. The first-order valence-corrected chi connectivity index (χ1v) is 13.3. The van der Waals surface area contributed by atoms with Gasteiger partial charge >= 0.3 is 0 Å². The van der Waals surface area contributed by atoms with Crippen LogP contribution in [0.4, 0.5) is 5.69 Å². The van der Waals surface area contributed by atoms with E-state index in [-0.39, 0.29) is 5.91 Å². The Kier molecular flexibility index (Phi) is 8.97. The SMILES string of the molecule is COc1ccccc1NCc1nnc(S[C@H](C)C(=O)N/N=C(/C)c2ccc(Br)cc2)n1-c1ccccc1. The van der Waals surface area contributed by atoms with E-state index in [1.165, 1.54) is 11.8 Å². The number of para-hydroxylation sites is 3. The minimum Gasteiger partial charge on any atom is -0.495 e. The van der Waals surface area contributed by atoms with Crippen LogP contribution in [0.2, 0.25) is 0 Å². The van der Waals surface area contributed by atoms with Crippen LogP contribution in [0.3, 0.4) is 0 Å². The maximum atomic E-state index is 12.8. The van der Waals surface area contributed by atoms with Gasteiger partial charge in [0.1, 0.15) is 5.75 Å². The van der Waals surface area contributed by atoms with Gasteiger partial charge in [-0.1, -0.05) is 70.2 Å². The lowest BCUT2D eigenvalue weighted by Crippen LogP contribution is -2.28. The van der Waals surface area contributed by atoms with Crippen LogP contribution in [0, 0.1) is 0 Å². The normalized spacial score (nSPS) is 12.2. The number of hydrazone groups is 1. The van der Waals surface area contributed by atoms with Crippen molar-refractivity contribution in [3.8, 4) is 11.4 Å². The predicted molar refractivity (Wildman–Crippen MR) is 151 cm³/mol. The molecule has 4 aromatic rings. The molecule has 1 heterocycles. The number of methoxy groups -OCH3 is 1. The number of hydrogen-bond acceptors (Lipinski definition) is 7.